The minimum absolute atomic E-state index is 0.868. The number of hydrogen-bond acceptors (Lipinski definition) is 2. The van der Waals surface area contributed by atoms with Crippen molar-refractivity contribution in [3.8, 4) is 5.75 Å². The molecule has 1 aromatic rings. The van der Waals surface area contributed by atoms with Crippen molar-refractivity contribution in [2.45, 2.75) is 6.42 Å². The summed E-state index contributed by atoms with van der Waals surface area (Å²) in [5.41, 5.74) is 1.13. The largest absolute Gasteiger partial charge is 0.493 e. The van der Waals surface area contributed by atoms with E-state index >= 15 is 0 Å². The molecule has 0 bridgehead atoms. The van der Waals surface area contributed by atoms with Gasteiger partial charge in [0.15, 0.2) is 5.75 Å². The summed E-state index contributed by atoms with van der Waals surface area (Å²) in [6, 6.07) is 0. The van der Waals surface area contributed by atoms with Gasteiger partial charge in [0.25, 0.3) is 0 Å². The zero-order valence-corrected chi connectivity index (χ0v) is 8.26. The summed E-state index contributed by atoms with van der Waals surface area (Å²) in [7, 11) is 3.58. The molecule has 3 nitrogen and oxygen atoms in total. The van der Waals surface area contributed by atoms with E-state index in [1.807, 2.05) is 11.7 Å². The van der Waals surface area contributed by atoms with Crippen LogP contribution in [0.15, 0.2) is 6.20 Å². The first-order chi connectivity index (χ1) is 5.29. The van der Waals surface area contributed by atoms with Crippen LogP contribution in [0.4, 0.5) is 0 Å². The number of aromatic nitrogens is 2. The topological polar surface area (TPSA) is 27.1 Å². The van der Waals surface area contributed by atoms with E-state index in [0.717, 1.165) is 23.2 Å². The van der Waals surface area contributed by atoms with E-state index in [9.17, 15) is 0 Å². The second-order valence-corrected chi connectivity index (χ2v) is 3.02. The van der Waals surface area contributed by atoms with Crippen LogP contribution in [0.5, 0.6) is 5.75 Å². The monoisotopic (exact) mass is 218 g/mol. The highest BCUT2D eigenvalue weighted by atomic mass is 79.9. The molecule has 0 aromatic carbocycles. The molecule has 1 aromatic heterocycles. The van der Waals surface area contributed by atoms with Gasteiger partial charge in [0, 0.05) is 18.8 Å². The van der Waals surface area contributed by atoms with Crippen LogP contribution < -0.4 is 4.74 Å². The van der Waals surface area contributed by atoms with E-state index in [0.29, 0.717) is 0 Å². The Morgan fingerprint density at radius 1 is 1.73 bits per heavy atom. The molecule has 0 amide bonds. The van der Waals surface area contributed by atoms with Crippen LogP contribution >= 0.6 is 15.9 Å². The molecule has 0 saturated heterocycles. The lowest BCUT2D eigenvalue weighted by molar-refractivity contribution is 0.409. The maximum Gasteiger partial charge on any atom is 0.159 e. The van der Waals surface area contributed by atoms with E-state index in [1.54, 1.807) is 13.3 Å². The van der Waals surface area contributed by atoms with Gasteiger partial charge in [-0.15, -0.1) is 0 Å². The smallest absolute Gasteiger partial charge is 0.159 e. The third-order valence-electron chi connectivity index (χ3n) is 1.57. The maximum atomic E-state index is 5.11. The van der Waals surface area contributed by atoms with Gasteiger partial charge in [-0.25, -0.2) is 0 Å². The lowest BCUT2D eigenvalue weighted by Crippen LogP contribution is -2.00. The Hall–Kier alpha value is -0.510. The number of halogens is 1. The first-order valence-electron chi connectivity index (χ1n) is 3.40. The third-order valence-corrected chi connectivity index (χ3v) is 1.97. The summed E-state index contributed by atoms with van der Waals surface area (Å²) in [5.74, 6) is 0.868. The van der Waals surface area contributed by atoms with Gasteiger partial charge < -0.3 is 4.74 Å². The van der Waals surface area contributed by atoms with E-state index in [-0.39, 0.29) is 0 Å². The number of methoxy groups -OCH3 is 1. The first-order valence-corrected chi connectivity index (χ1v) is 4.52. The molecule has 0 radical (unpaired) electrons. The molecule has 0 fully saturated rings. The Balaban J connectivity index is 2.88. The Labute approximate surface area is 74.5 Å². The van der Waals surface area contributed by atoms with E-state index < -0.39 is 0 Å². The van der Waals surface area contributed by atoms with Gasteiger partial charge in [0.05, 0.1) is 19.0 Å². The molecule has 0 saturated carbocycles. The van der Waals surface area contributed by atoms with Gasteiger partial charge in [-0.3, -0.25) is 4.68 Å². The van der Waals surface area contributed by atoms with Crippen molar-refractivity contribution in [2.75, 3.05) is 12.4 Å². The Morgan fingerprint density at radius 2 is 2.45 bits per heavy atom. The lowest BCUT2D eigenvalue weighted by Gasteiger charge is -2.01. The standard InChI is InChI=1S/C7H11BrN2O/c1-10-6(3-4-8)7(11-2)5-9-10/h5H,3-4H2,1-2H3. The molecular weight excluding hydrogens is 208 g/mol. The zero-order chi connectivity index (χ0) is 8.27. The molecule has 0 aliphatic heterocycles. The molecule has 4 heteroatoms. The number of hydrogen-bond donors (Lipinski definition) is 0. The summed E-state index contributed by atoms with van der Waals surface area (Å²) >= 11 is 3.37. The van der Waals surface area contributed by atoms with Gasteiger partial charge in [-0.05, 0) is 0 Å². The molecular formula is C7H11BrN2O. The van der Waals surface area contributed by atoms with Crippen LogP contribution in [-0.2, 0) is 13.5 Å². The number of alkyl halides is 1. The third kappa shape index (κ3) is 1.74. The van der Waals surface area contributed by atoms with Crippen LogP contribution in [0.25, 0.3) is 0 Å². The highest BCUT2D eigenvalue weighted by Gasteiger charge is 2.06. The number of aryl methyl sites for hydroxylation is 1. The Kier molecular flexibility index (Phi) is 2.93. The van der Waals surface area contributed by atoms with Crippen molar-refractivity contribution in [3.05, 3.63) is 11.9 Å². The van der Waals surface area contributed by atoms with Crippen molar-refractivity contribution in [1.82, 2.24) is 9.78 Å². The van der Waals surface area contributed by atoms with Gasteiger partial charge in [0.2, 0.25) is 0 Å². The second-order valence-electron chi connectivity index (χ2n) is 2.22. The highest BCUT2D eigenvalue weighted by Crippen LogP contribution is 2.17. The fraction of sp³-hybridized carbons (Fsp3) is 0.571. The fourth-order valence-corrected chi connectivity index (χ4v) is 1.36. The Morgan fingerprint density at radius 3 is 3.00 bits per heavy atom. The molecule has 62 valence electrons. The van der Waals surface area contributed by atoms with Crippen molar-refractivity contribution in [1.29, 1.82) is 0 Å². The SMILES string of the molecule is COc1cnn(C)c1CCBr. The van der Waals surface area contributed by atoms with Crippen LogP contribution in [-0.4, -0.2) is 22.2 Å². The average molecular weight is 219 g/mol. The van der Waals surface area contributed by atoms with Crippen molar-refractivity contribution >= 4 is 15.9 Å². The zero-order valence-electron chi connectivity index (χ0n) is 6.67. The average Bonchev–Trinajstić information content (AvgIpc) is 2.34. The molecule has 0 aliphatic rings. The summed E-state index contributed by atoms with van der Waals surface area (Å²) in [6.45, 7) is 0. The first kappa shape index (κ1) is 8.59. The minimum Gasteiger partial charge on any atom is -0.493 e. The van der Waals surface area contributed by atoms with Crippen LogP contribution in [0.3, 0.4) is 0 Å². The molecule has 0 unspecified atom stereocenters. The molecule has 1 rings (SSSR count). The van der Waals surface area contributed by atoms with Gasteiger partial charge >= 0.3 is 0 Å². The fourth-order valence-electron chi connectivity index (χ4n) is 0.988. The predicted octanol–water partition coefficient (Wildman–Crippen LogP) is 1.37. The van der Waals surface area contributed by atoms with Gasteiger partial charge in [-0.2, -0.15) is 5.10 Å². The van der Waals surface area contributed by atoms with E-state index in [2.05, 4.69) is 21.0 Å². The number of ether oxygens (including phenoxy) is 1. The normalized spacial score (nSPS) is 10.1. The van der Waals surface area contributed by atoms with Crippen molar-refractivity contribution in [3.63, 3.8) is 0 Å². The molecule has 1 heterocycles. The predicted molar refractivity (Wildman–Crippen MR) is 47.3 cm³/mol. The lowest BCUT2D eigenvalue weighted by atomic mass is 10.3. The van der Waals surface area contributed by atoms with Gasteiger partial charge in [-0.1, -0.05) is 15.9 Å². The second kappa shape index (κ2) is 3.76. The maximum absolute atomic E-state index is 5.11. The van der Waals surface area contributed by atoms with Crippen molar-refractivity contribution in [2.24, 2.45) is 7.05 Å². The number of nitrogens with zero attached hydrogens (tertiary/aromatic N) is 2. The summed E-state index contributed by atoms with van der Waals surface area (Å²) in [4.78, 5) is 0. The molecule has 0 spiro atoms. The van der Waals surface area contributed by atoms with Crippen molar-refractivity contribution < 1.29 is 4.74 Å². The van der Waals surface area contributed by atoms with Crippen LogP contribution in [0.1, 0.15) is 5.69 Å². The van der Waals surface area contributed by atoms with Gasteiger partial charge in [0.1, 0.15) is 0 Å². The summed E-state index contributed by atoms with van der Waals surface area (Å²) in [6.07, 6.45) is 2.68. The molecule has 11 heavy (non-hydrogen) atoms. The number of rotatable bonds is 3. The van der Waals surface area contributed by atoms with Crippen LogP contribution in [0, 0.1) is 0 Å². The summed E-state index contributed by atoms with van der Waals surface area (Å²) < 4.78 is 6.95. The van der Waals surface area contributed by atoms with E-state index in [1.165, 1.54) is 0 Å². The summed E-state index contributed by atoms with van der Waals surface area (Å²) in [5, 5.41) is 5.01. The Bertz CT molecular complexity index is 234. The van der Waals surface area contributed by atoms with E-state index in [4.69, 9.17) is 4.74 Å². The minimum atomic E-state index is 0.868. The highest BCUT2D eigenvalue weighted by molar-refractivity contribution is 9.09. The quantitative estimate of drug-likeness (QED) is 0.718. The molecule has 0 atom stereocenters. The molecule has 0 N–H and O–H groups in total. The molecule has 0 aliphatic carbocycles. The van der Waals surface area contributed by atoms with Crippen LogP contribution in [0.2, 0.25) is 0 Å².